The summed E-state index contributed by atoms with van der Waals surface area (Å²) in [5.74, 6) is -0.584. The van der Waals surface area contributed by atoms with E-state index in [0.29, 0.717) is 12.8 Å². The Balaban J connectivity index is 3.54. The third kappa shape index (κ3) is 57.7. The van der Waals surface area contributed by atoms with E-state index in [9.17, 15) is 25.2 Å². The normalized spacial score (nSPS) is 13.5. The fraction of sp³-hybridized carbons (Fsp3) is 0.957. The number of hydrogen-bond donors (Lipinski definition) is 5. The Morgan fingerprint density at radius 3 is 0.789 bits per heavy atom. The van der Waals surface area contributed by atoms with Gasteiger partial charge >= 0.3 is 0 Å². The van der Waals surface area contributed by atoms with Gasteiger partial charge in [-0.05, 0) is 38.5 Å². The van der Waals surface area contributed by atoms with Gasteiger partial charge in [0.05, 0.1) is 18.8 Å². The number of aliphatic hydroxyl groups is 4. The van der Waals surface area contributed by atoms with Gasteiger partial charge in [-0.3, -0.25) is 4.79 Å². The molecule has 0 rings (SSSR count). The van der Waals surface area contributed by atoms with E-state index in [1.165, 1.54) is 334 Å². The third-order valence-electron chi connectivity index (χ3n) is 17.0. The molecule has 0 aromatic carbocycles. The molecular weight excluding hydrogens is 935 g/mol. The van der Waals surface area contributed by atoms with Crippen molar-refractivity contribution in [1.29, 1.82) is 0 Å². The van der Waals surface area contributed by atoms with E-state index in [1.807, 2.05) is 0 Å². The van der Waals surface area contributed by atoms with Gasteiger partial charge in [-0.15, -0.1) is 0 Å². The Hall–Kier alpha value is -0.950. The molecule has 454 valence electrons. The highest BCUT2D eigenvalue weighted by atomic mass is 16.3. The molecule has 0 aromatic rings. The van der Waals surface area contributed by atoms with Crippen LogP contribution >= 0.6 is 0 Å². The molecule has 0 saturated heterocycles. The van der Waals surface area contributed by atoms with Crippen LogP contribution in [0.5, 0.6) is 0 Å². The zero-order valence-electron chi connectivity index (χ0n) is 51.8. The maximum absolute atomic E-state index is 12.7. The predicted molar refractivity (Wildman–Crippen MR) is 335 cm³/mol. The third-order valence-corrected chi connectivity index (χ3v) is 17.0. The van der Waals surface area contributed by atoms with Crippen LogP contribution in [0.1, 0.15) is 399 Å². The second-order valence-corrected chi connectivity index (χ2v) is 24.6. The van der Waals surface area contributed by atoms with E-state index in [0.717, 1.165) is 38.5 Å². The topological polar surface area (TPSA) is 110 Å². The Bertz CT molecular complexity index is 1120. The molecule has 0 aliphatic rings. The zero-order valence-corrected chi connectivity index (χ0v) is 51.8. The molecular formula is C70H139NO5. The van der Waals surface area contributed by atoms with Gasteiger partial charge in [-0.25, -0.2) is 0 Å². The van der Waals surface area contributed by atoms with Crippen molar-refractivity contribution in [2.75, 3.05) is 6.61 Å². The number of allylic oxidation sites excluding steroid dienone is 2. The van der Waals surface area contributed by atoms with Crippen molar-refractivity contribution < 1.29 is 25.2 Å². The average molecular weight is 1070 g/mol. The van der Waals surface area contributed by atoms with Crippen molar-refractivity contribution in [3.05, 3.63) is 12.2 Å². The molecule has 0 aromatic heterocycles. The SMILES string of the molecule is CCCCCCCCCCCCCCCCCCCCCCCCCC/C=C/CCCC(O)C(O)C(CO)NC(=O)C(O)CCCCCCCCCCCCCCCCCCCCCCCCCCCCCCCCC. The molecule has 1 amide bonds. The number of rotatable bonds is 66. The molecule has 0 bridgehead atoms. The van der Waals surface area contributed by atoms with Crippen LogP contribution in [-0.4, -0.2) is 57.3 Å². The standard InChI is InChI=1S/C70H139NO5/c1-3-5-7-9-11-13-15-17-19-21-23-25-27-29-31-33-34-36-38-40-42-44-46-48-50-52-54-56-58-60-62-64-68(74)70(76)71-66(65-72)69(75)67(73)63-61-59-57-55-53-51-49-47-45-43-41-39-37-35-32-30-28-26-24-22-20-18-16-14-12-10-8-6-4-2/h55,57,66-69,72-75H,3-54,56,58-65H2,1-2H3,(H,71,76)/b57-55+. The lowest BCUT2D eigenvalue weighted by Crippen LogP contribution is -2.53. The smallest absolute Gasteiger partial charge is 0.249 e. The lowest BCUT2D eigenvalue weighted by atomic mass is 10.00. The summed E-state index contributed by atoms with van der Waals surface area (Å²) in [5, 5.41) is 44.2. The first-order chi connectivity index (χ1) is 37.5. The minimum Gasteiger partial charge on any atom is -0.394 e. The van der Waals surface area contributed by atoms with Gasteiger partial charge in [0, 0.05) is 0 Å². The second kappa shape index (κ2) is 64.9. The summed E-state index contributed by atoms with van der Waals surface area (Å²) in [6.07, 6.45) is 80.6. The highest BCUT2D eigenvalue weighted by Crippen LogP contribution is 2.20. The van der Waals surface area contributed by atoms with Crippen molar-refractivity contribution in [2.24, 2.45) is 0 Å². The molecule has 0 saturated carbocycles. The molecule has 0 aliphatic heterocycles. The number of amides is 1. The summed E-state index contributed by atoms with van der Waals surface area (Å²) < 4.78 is 0. The van der Waals surface area contributed by atoms with Crippen LogP contribution < -0.4 is 5.32 Å². The van der Waals surface area contributed by atoms with Crippen molar-refractivity contribution in [1.82, 2.24) is 5.32 Å². The number of nitrogens with one attached hydrogen (secondary N) is 1. The molecule has 0 heterocycles. The fourth-order valence-electron chi connectivity index (χ4n) is 11.5. The van der Waals surface area contributed by atoms with Crippen LogP contribution in [0.15, 0.2) is 12.2 Å². The van der Waals surface area contributed by atoms with Gasteiger partial charge in [-0.1, -0.05) is 373 Å². The van der Waals surface area contributed by atoms with Crippen molar-refractivity contribution in [3.8, 4) is 0 Å². The summed E-state index contributed by atoms with van der Waals surface area (Å²) in [6.45, 7) is 4.11. The maximum Gasteiger partial charge on any atom is 0.249 e. The van der Waals surface area contributed by atoms with Gasteiger partial charge < -0.3 is 25.7 Å². The first-order valence-electron chi connectivity index (χ1n) is 35.1. The number of unbranched alkanes of at least 4 members (excludes halogenated alkanes) is 55. The maximum atomic E-state index is 12.7. The number of carbonyl (C=O) groups excluding carboxylic acids is 1. The van der Waals surface area contributed by atoms with E-state index in [4.69, 9.17) is 0 Å². The lowest BCUT2D eigenvalue weighted by Gasteiger charge is -2.27. The number of hydrogen-bond acceptors (Lipinski definition) is 5. The summed E-state index contributed by atoms with van der Waals surface area (Å²) in [4.78, 5) is 12.7. The van der Waals surface area contributed by atoms with Gasteiger partial charge in [-0.2, -0.15) is 0 Å². The molecule has 76 heavy (non-hydrogen) atoms. The first kappa shape index (κ1) is 75.0. The van der Waals surface area contributed by atoms with Crippen LogP contribution in [0.4, 0.5) is 0 Å². The van der Waals surface area contributed by atoms with E-state index < -0.39 is 36.9 Å². The quantitative estimate of drug-likeness (QED) is 0.0308. The van der Waals surface area contributed by atoms with Crippen molar-refractivity contribution in [3.63, 3.8) is 0 Å². The Morgan fingerprint density at radius 2 is 0.539 bits per heavy atom. The Kier molecular flexibility index (Phi) is 64.1. The number of aliphatic hydroxyl groups excluding tert-OH is 4. The lowest BCUT2D eigenvalue weighted by molar-refractivity contribution is -0.132. The predicted octanol–water partition coefficient (Wildman–Crippen LogP) is 21.5. The number of carbonyl (C=O) groups is 1. The largest absolute Gasteiger partial charge is 0.394 e. The Morgan fingerprint density at radius 1 is 0.316 bits per heavy atom. The van der Waals surface area contributed by atoms with Crippen LogP contribution in [0, 0.1) is 0 Å². The van der Waals surface area contributed by atoms with Crippen LogP contribution in [0.25, 0.3) is 0 Å². The molecule has 6 heteroatoms. The van der Waals surface area contributed by atoms with Gasteiger partial charge in [0.2, 0.25) is 5.91 Å². The molecule has 4 atom stereocenters. The van der Waals surface area contributed by atoms with Gasteiger partial charge in [0.25, 0.3) is 0 Å². The average Bonchev–Trinajstić information content (AvgIpc) is 3.42. The molecule has 0 spiro atoms. The van der Waals surface area contributed by atoms with Crippen molar-refractivity contribution >= 4 is 5.91 Å². The first-order valence-corrected chi connectivity index (χ1v) is 35.1. The van der Waals surface area contributed by atoms with E-state index >= 15 is 0 Å². The van der Waals surface area contributed by atoms with Gasteiger partial charge in [0.15, 0.2) is 0 Å². The molecule has 4 unspecified atom stereocenters. The van der Waals surface area contributed by atoms with E-state index in [-0.39, 0.29) is 0 Å². The van der Waals surface area contributed by atoms with Crippen LogP contribution in [-0.2, 0) is 4.79 Å². The fourth-order valence-corrected chi connectivity index (χ4v) is 11.5. The molecule has 0 fully saturated rings. The second-order valence-electron chi connectivity index (χ2n) is 24.6. The van der Waals surface area contributed by atoms with E-state index in [1.54, 1.807) is 0 Å². The highest BCUT2D eigenvalue weighted by molar-refractivity contribution is 5.80. The summed E-state index contributed by atoms with van der Waals surface area (Å²) >= 11 is 0. The molecule has 6 nitrogen and oxygen atoms in total. The minimum absolute atomic E-state index is 0.369. The Labute approximate surface area is 476 Å². The summed E-state index contributed by atoms with van der Waals surface area (Å²) in [5.41, 5.74) is 0. The van der Waals surface area contributed by atoms with Gasteiger partial charge in [0.1, 0.15) is 12.2 Å². The zero-order chi connectivity index (χ0) is 55.1. The minimum atomic E-state index is -1.28. The highest BCUT2D eigenvalue weighted by Gasteiger charge is 2.28. The van der Waals surface area contributed by atoms with Crippen LogP contribution in [0.2, 0.25) is 0 Å². The molecule has 0 aliphatic carbocycles. The van der Waals surface area contributed by atoms with E-state index in [2.05, 4.69) is 31.3 Å². The molecule has 5 N–H and O–H groups in total. The van der Waals surface area contributed by atoms with Crippen molar-refractivity contribution in [2.45, 2.75) is 423 Å². The van der Waals surface area contributed by atoms with Crippen LogP contribution in [0.3, 0.4) is 0 Å². The summed E-state index contributed by atoms with van der Waals surface area (Å²) in [6, 6.07) is -1.00. The summed E-state index contributed by atoms with van der Waals surface area (Å²) in [7, 11) is 0. The molecule has 0 radical (unpaired) electrons. The monoisotopic (exact) mass is 1070 g/mol.